The molecule has 0 aromatic heterocycles. The molecule has 0 amide bonds. The van der Waals surface area contributed by atoms with Crippen LogP contribution in [0.25, 0.3) is 32.7 Å². The first-order valence-corrected chi connectivity index (χ1v) is 26.1. The molecular weight excluding hydrogens is 1100 g/mol. The molecule has 0 bridgehead atoms. The van der Waals surface area contributed by atoms with Gasteiger partial charge in [0.15, 0.2) is 20.2 Å². The van der Waals surface area contributed by atoms with Gasteiger partial charge in [-0.1, -0.05) is 192 Å². The summed E-state index contributed by atoms with van der Waals surface area (Å²) in [5.41, 5.74) is -3.45. The Morgan fingerprint density at radius 3 is 0.859 bits per heavy atom. The van der Waals surface area contributed by atoms with Crippen molar-refractivity contribution < 1.29 is 78.2 Å². The average molecular weight is 1140 g/mol. The number of fused-ring (bicyclic) bond motifs is 2. The van der Waals surface area contributed by atoms with Gasteiger partial charge in [0.1, 0.15) is 0 Å². The number of nitrogens with zero attached hydrogens (tertiary/aromatic N) is 1. The van der Waals surface area contributed by atoms with Gasteiger partial charge in [0.2, 0.25) is 0 Å². The van der Waals surface area contributed by atoms with Crippen LogP contribution in [0.4, 0.5) is 26.3 Å². The predicted molar refractivity (Wildman–Crippen MR) is 270 cm³/mol. The minimum Gasteiger partial charge on any atom is -0.741 e. The average Bonchev–Trinajstić information content (AvgIpc) is 3.28. The Hall–Kier alpha value is -5.35. The van der Waals surface area contributed by atoms with Crippen LogP contribution in [-0.4, -0.2) is 42.4 Å². The fraction of sp³-hybridized carbons (Fsp3) is 0.135. The summed E-state index contributed by atoms with van der Waals surface area (Å²) in [6.45, 7) is 10.2. The molecule has 0 spiro atoms. The summed E-state index contributed by atoms with van der Waals surface area (Å²) in [5, 5.41) is 20.7. The third-order valence-electron chi connectivity index (χ3n) is 10.3. The van der Waals surface area contributed by atoms with E-state index in [9.17, 15) is 26.3 Å². The number of hydrogen-bond acceptors (Lipinski definition) is 7. The first-order valence-electron chi connectivity index (χ1n) is 20.6. The second-order valence-corrected chi connectivity index (χ2v) is 22.5. The topological polar surface area (TPSA) is 170 Å². The van der Waals surface area contributed by atoms with E-state index in [1.807, 2.05) is 0 Å². The summed E-state index contributed by atoms with van der Waals surface area (Å²) in [6.07, 6.45) is 0. The standard InChI is InChI=1S/C48H40P2.C2H3N.2CHF3O3S.H2O.Pd/c1-33-13-23-39(24-14-33)49(40-25-15-34(2)16-26-40)45-31-21-37-9-5-7-11-43(37)47(45)48-44-12-8-6-10-38(44)22-32-46(48)50(41-27-17-35(3)18-28-41)42-29-19-36(4)20-30-42;1-2-3;2*2-1(3,4)8(5,6)7;;/h5-32H,1-4H3;1H3;2*(H,5,6,7);1H2;/q;;;;;+2/p-2. The molecule has 8 nitrogen and oxygen atoms in total. The second kappa shape index (κ2) is 25.4. The van der Waals surface area contributed by atoms with Crippen LogP contribution in [0.1, 0.15) is 29.2 Å². The van der Waals surface area contributed by atoms with Gasteiger partial charge in [-0.25, -0.2) is 16.8 Å². The van der Waals surface area contributed by atoms with Crippen LogP contribution < -0.4 is 31.8 Å². The normalized spacial score (nSPS) is 11.4. The molecule has 19 heteroatoms. The van der Waals surface area contributed by atoms with Gasteiger partial charge in [0.05, 0.1) is 6.07 Å². The monoisotopic (exact) mass is 1140 g/mol. The Morgan fingerprint density at radius 2 is 0.648 bits per heavy atom. The summed E-state index contributed by atoms with van der Waals surface area (Å²) in [7, 11) is -14.0. The molecule has 0 fully saturated rings. The number of rotatable bonds is 7. The van der Waals surface area contributed by atoms with Crippen LogP contribution in [0.5, 0.6) is 0 Å². The Balaban J connectivity index is 0.000000541. The van der Waals surface area contributed by atoms with Crippen molar-refractivity contribution >= 4 is 89.5 Å². The first-order chi connectivity index (χ1) is 32.4. The summed E-state index contributed by atoms with van der Waals surface area (Å²) in [4.78, 5) is 0. The van der Waals surface area contributed by atoms with Crippen LogP contribution in [-0.2, 0) is 40.7 Å². The van der Waals surface area contributed by atoms with Crippen molar-refractivity contribution in [1.82, 2.24) is 0 Å². The summed E-state index contributed by atoms with van der Waals surface area (Å²) in [6, 6.07) is 66.4. The number of halogens is 6. The molecular formula is C52H45F6NO7P2PdS2. The minimum atomic E-state index is -6.09. The van der Waals surface area contributed by atoms with Crippen molar-refractivity contribution in [2.75, 3.05) is 0 Å². The molecule has 0 saturated heterocycles. The van der Waals surface area contributed by atoms with Crippen molar-refractivity contribution in [3.05, 3.63) is 192 Å². The van der Waals surface area contributed by atoms with Gasteiger partial charge in [0.25, 0.3) is 0 Å². The minimum absolute atomic E-state index is 0. The van der Waals surface area contributed by atoms with Crippen LogP contribution in [0.3, 0.4) is 0 Å². The van der Waals surface area contributed by atoms with E-state index in [-0.39, 0.29) is 25.9 Å². The largest absolute Gasteiger partial charge is 2.00 e. The van der Waals surface area contributed by atoms with E-state index in [0.717, 1.165) is 0 Å². The SMILES string of the molecule is CC#N.Cc1ccc(P(c2ccc(C)cc2)c2ccc3ccccc3c2-c2c(P(c3ccc(C)cc3)c3ccc(C)cc3)ccc3ccccc23)cc1.O.O=S(=O)([O-])C(F)(F)F.O=S(=O)([O-])C(F)(F)F.[Pd+2]. The number of aryl methyl sites for hydroxylation is 4. The molecule has 0 heterocycles. The molecule has 8 aromatic rings. The van der Waals surface area contributed by atoms with E-state index in [4.69, 9.17) is 31.2 Å². The second-order valence-electron chi connectivity index (χ2n) is 15.4. The van der Waals surface area contributed by atoms with E-state index in [2.05, 4.69) is 198 Å². The zero-order valence-corrected chi connectivity index (χ0v) is 43.3. The zero-order valence-electron chi connectivity index (χ0n) is 38.4. The number of hydrogen-bond donors (Lipinski definition) is 0. The predicted octanol–water partition coefficient (Wildman–Crippen LogP) is 10.2. The van der Waals surface area contributed by atoms with E-state index < -0.39 is 47.1 Å². The van der Waals surface area contributed by atoms with Crippen molar-refractivity contribution in [3.8, 4) is 17.2 Å². The molecule has 8 rings (SSSR count). The maximum atomic E-state index is 10.7. The molecule has 2 N–H and O–H groups in total. The van der Waals surface area contributed by atoms with Crippen molar-refractivity contribution in [1.29, 1.82) is 5.26 Å². The maximum Gasteiger partial charge on any atom is 2.00 e. The first kappa shape index (κ1) is 60.0. The molecule has 0 aliphatic carbocycles. The number of nitriles is 1. The molecule has 71 heavy (non-hydrogen) atoms. The molecule has 0 unspecified atom stereocenters. The molecule has 374 valence electrons. The smallest absolute Gasteiger partial charge is 0.741 e. The summed E-state index contributed by atoms with van der Waals surface area (Å²) >= 11 is 0. The zero-order chi connectivity index (χ0) is 50.9. The van der Waals surface area contributed by atoms with Crippen molar-refractivity contribution in [2.45, 2.75) is 45.6 Å². The van der Waals surface area contributed by atoms with Crippen LogP contribution in [0.2, 0.25) is 0 Å². The van der Waals surface area contributed by atoms with E-state index >= 15 is 0 Å². The molecule has 0 saturated carbocycles. The Bertz CT molecular complexity index is 3010. The van der Waals surface area contributed by atoms with Gasteiger partial charge >= 0.3 is 31.4 Å². The van der Waals surface area contributed by atoms with Gasteiger partial charge in [-0.3, -0.25) is 0 Å². The van der Waals surface area contributed by atoms with Gasteiger partial charge in [-0.15, -0.1) is 0 Å². The maximum absolute atomic E-state index is 10.7. The van der Waals surface area contributed by atoms with Crippen molar-refractivity contribution in [2.24, 2.45) is 0 Å². The van der Waals surface area contributed by atoms with Crippen LogP contribution >= 0.6 is 15.8 Å². The van der Waals surface area contributed by atoms with E-state index in [1.165, 1.54) is 93.7 Å². The third kappa shape index (κ3) is 15.3. The van der Waals surface area contributed by atoms with Crippen LogP contribution in [0.15, 0.2) is 170 Å². The Kier molecular flexibility index (Phi) is 21.4. The van der Waals surface area contributed by atoms with Gasteiger partial charge in [0, 0.05) is 6.92 Å². The third-order valence-corrected chi connectivity index (χ3v) is 16.4. The van der Waals surface area contributed by atoms with Gasteiger partial charge in [-0.05, 0) is 108 Å². The Morgan fingerprint density at radius 1 is 0.437 bits per heavy atom. The van der Waals surface area contributed by atoms with Gasteiger partial charge < -0.3 is 14.6 Å². The van der Waals surface area contributed by atoms with E-state index in [0.29, 0.717) is 0 Å². The quantitative estimate of drug-likeness (QED) is 0.0503. The van der Waals surface area contributed by atoms with E-state index in [1.54, 1.807) is 6.07 Å². The van der Waals surface area contributed by atoms with Crippen molar-refractivity contribution in [3.63, 3.8) is 0 Å². The molecule has 8 aromatic carbocycles. The molecule has 0 atom stereocenters. The number of alkyl halides is 6. The summed E-state index contributed by atoms with van der Waals surface area (Å²) in [5.74, 6) is 0. The molecule has 0 aliphatic rings. The summed E-state index contributed by atoms with van der Waals surface area (Å²) < 4.78 is 118. The fourth-order valence-electron chi connectivity index (χ4n) is 7.05. The van der Waals surface area contributed by atoms with Crippen LogP contribution in [0, 0.1) is 39.0 Å². The van der Waals surface area contributed by atoms with Gasteiger partial charge in [-0.2, -0.15) is 31.6 Å². The molecule has 0 aliphatic heterocycles. The Labute approximate surface area is 425 Å². The fourth-order valence-corrected chi connectivity index (χ4v) is 11.9. The molecule has 0 radical (unpaired) electrons. The number of benzene rings is 8.